The van der Waals surface area contributed by atoms with Crippen LogP contribution in [0.15, 0.2) is 41.9 Å². The van der Waals surface area contributed by atoms with Crippen molar-refractivity contribution in [2.45, 2.75) is 19.1 Å². The van der Waals surface area contributed by atoms with E-state index in [1.54, 1.807) is 13.1 Å². The fourth-order valence-corrected chi connectivity index (χ4v) is 3.36. The Balaban J connectivity index is 2.87. The Labute approximate surface area is 88.4 Å². The van der Waals surface area contributed by atoms with Gasteiger partial charge in [0.2, 0.25) is 0 Å². The molecule has 1 aromatic carbocycles. The van der Waals surface area contributed by atoms with Crippen LogP contribution in [0.4, 0.5) is 13.2 Å². The fraction of sp³-hybridized carbons (Fsp3) is 0.273. The standard InChI is InChI=1S/C11H13F3Si/c1-15(2,11(14)10(12)13)8-9-6-4-3-5-7-9/h3-7H,8H2,1-2H3. The summed E-state index contributed by atoms with van der Waals surface area (Å²) >= 11 is 0. The highest BCUT2D eigenvalue weighted by atomic mass is 28.3. The molecular weight excluding hydrogens is 217 g/mol. The Hall–Kier alpha value is -1.03. The molecule has 0 saturated carbocycles. The summed E-state index contributed by atoms with van der Waals surface area (Å²) in [7, 11) is -2.65. The molecule has 0 bridgehead atoms. The third-order valence-corrected chi connectivity index (χ3v) is 4.92. The van der Waals surface area contributed by atoms with Gasteiger partial charge in [0.15, 0.2) is 0 Å². The van der Waals surface area contributed by atoms with E-state index < -0.39 is 19.6 Å². The lowest BCUT2D eigenvalue weighted by Crippen LogP contribution is -2.31. The van der Waals surface area contributed by atoms with Crippen LogP contribution in [0.25, 0.3) is 0 Å². The van der Waals surface area contributed by atoms with Crippen molar-refractivity contribution in [1.29, 1.82) is 0 Å². The maximum absolute atomic E-state index is 13.2. The first-order chi connectivity index (χ1) is 6.93. The largest absolute Gasteiger partial charge is 0.296 e. The van der Waals surface area contributed by atoms with Gasteiger partial charge in [0.05, 0.1) is 0 Å². The minimum absolute atomic E-state index is 0.400. The number of rotatable bonds is 3. The van der Waals surface area contributed by atoms with Gasteiger partial charge in [-0.3, -0.25) is 0 Å². The van der Waals surface area contributed by atoms with Gasteiger partial charge in [-0.1, -0.05) is 49.0 Å². The maximum atomic E-state index is 13.2. The van der Waals surface area contributed by atoms with Crippen LogP contribution in [0.1, 0.15) is 5.56 Å². The van der Waals surface area contributed by atoms with E-state index in [9.17, 15) is 13.2 Å². The number of hydrogen-bond donors (Lipinski definition) is 0. The van der Waals surface area contributed by atoms with E-state index in [0.717, 1.165) is 5.56 Å². The Morgan fingerprint density at radius 1 is 1.07 bits per heavy atom. The maximum Gasteiger partial charge on any atom is 0.296 e. The van der Waals surface area contributed by atoms with Crippen LogP contribution in [-0.2, 0) is 6.04 Å². The second-order valence-corrected chi connectivity index (χ2v) is 8.68. The van der Waals surface area contributed by atoms with E-state index in [2.05, 4.69) is 0 Å². The van der Waals surface area contributed by atoms with Gasteiger partial charge in [0, 0.05) is 0 Å². The average molecular weight is 230 g/mol. The molecule has 0 nitrogen and oxygen atoms in total. The molecule has 1 rings (SSSR count). The third kappa shape index (κ3) is 3.23. The van der Waals surface area contributed by atoms with E-state index in [-0.39, 0.29) is 0 Å². The predicted molar refractivity (Wildman–Crippen MR) is 58.0 cm³/mol. The molecule has 0 atom stereocenters. The Morgan fingerprint density at radius 2 is 1.60 bits per heavy atom. The van der Waals surface area contributed by atoms with Crippen LogP contribution in [0.3, 0.4) is 0 Å². The number of benzene rings is 1. The minimum atomic E-state index is -2.65. The fourth-order valence-electron chi connectivity index (χ4n) is 1.44. The summed E-state index contributed by atoms with van der Waals surface area (Å²) in [6, 6.07) is 9.56. The zero-order chi connectivity index (χ0) is 11.5. The highest BCUT2D eigenvalue weighted by Crippen LogP contribution is 2.25. The second kappa shape index (κ2) is 4.66. The highest BCUT2D eigenvalue weighted by Gasteiger charge is 2.31. The molecule has 0 radical (unpaired) electrons. The smallest absolute Gasteiger partial charge is 0.212 e. The van der Waals surface area contributed by atoms with Gasteiger partial charge < -0.3 is 0 Å². The highest BCUT2D eigenvalue weighted by molar-refractivity contribution is 6.83. The first kappa shape index (κ1) is 12.0. The first-order valence-electron chi connectivity index (χ1n) is 4.68. The molecule has 0 N–H and O–H groups in total. The van der Waals surface area contributed by atoms with E-state index in [1.807, 2.05) is 30.3 Å². The summed E-state index contributed by atoms with van der Waals surface area (Å²) < 4.78 is 37.5. The monoisotopic (exact) mass is 230 g/mol. The van der Waals surface area contributed by atoms with Gasteiger partial charge in [-0.2, -0.15) is 8.78 Å². The van der Waals surface area contributed by atoms with Crippen LogP contribution in [0, 0.1) is 0 Å². The molecule has 0 aromatic heterocycles. The van der Waals surface area contributed by atoms with Gasteiger partial charge >= 0.3 is 0 Å². The van der Waals surface area contributed by atoms with Crippen molar-refractivity contribution in [2.24, 2.45) is 0 Å². The molecule has 0 amide bonds. The molecule has 0 spiro atoms. The molecule has 1 aromatic rings. The lowest BCUT2D eigenvalue weighted by atomic mass is 10.2. The number of halogens is 3. The topological polar surface area (TPSA) is 0 Å². The van der Waals surface area contributed by atoms with E-state index in [1.165, 1.54) is 0 Å². The lowest BCUT2D eigenvalue weighted by Gasteiger charge is -2.19. The second-order valence-electron chi connectivity index (χ2n) is 4.12. The summed E-state index contributed by atoms with van der Waals surface area (Å²) in [5, 5.41) is 0. The van der Waals surface area contributed by atoms with Crippen molar-refractivity contribution in [3.8, 4) is 0 Å². The molecule has 0 aliphatic rings. The molecule has 0 aliphatic heterocycles. The average Bonchev–Trinajstić information content (AvgIpc) is 2.17. The van der Waals surface area contributed by atoms with Gasteiger partial charge in [0.1, 0.15) is 13.5 Å². The Kier molecular flexibility index (Phi) is 3.74. The molecule has 4 heteroatoms. The summed E-state index contributed by atoms with van der Waals surface area (Å²) in [6.45, 7) is 3.21. The van der Waals surface area contributed by atoms with Gasteiger partial charge in [0.25, 0.3) is 6.08 Å². The van der Waals surface area contributed by atoms with Gasteiger partial charge in [-0.05, 0) is 6.04 Å². The van der Waals surface area contributed by atoms with Gasteiger partial charge in [-0.15, -0.1) is 0 Å². The lowest BCUT2D eigenvalue weighted by molar-refractivity contribution is 0.391. The SMILES string of the molecule is C[Si](C)(Cc1ccccc1)C(F)=C(F)F. The van der Waals surface area contributed by atoms with Crippen LogP contribution in [0.2, 0.25) is 13.1 Å². The van der Waals surface area contributed by atoms with Crippen molar-refractivity contribution in [3.05, 3.63) is 47.4 Å². The summed E-state index contributed by atoms with van der Waals surface area (Å²) in [5.41, 5.74) is -0.281. The molecule has 15 heavy (non-hydrogen) atoms. The predicted octanol–water partition coefficient (Wildman–Crippen LogP) is 4.09. The third-order valence-electron chi connectivity index (χ3n) is 2.25. The summed E-state index contributed by atoms with van der Waals surface area (Å²) in [5.74, 6) is 0. The zero-order valence-electron chi connectivity index (χ0n) is 8.73. The van der Waals surface area contributed by atoms with Crippen molar-refractivity contribution >= 4 is 8.07 Å². The zero-order valence-corrected chi connectivity index (χ0v) is 9.73. The van der Waals surface area contributed by atoms with Crippen molar-refractivity contribution in [2.75, 3.05) is 0 Å². The van der Waals surface area contributed by atoms with Crippen molar-refractivity contribution in [1.82, 2.24) is 0 Å². The Bertz CT molecular complexity index is 353. The molecular formula is C11H13F3Si. The molecule has 0 heterocycles. The summed E-state index contributed by atoms with van der Waals surface area (Å²) in [6.07, 6.45) is -2.16. The van der Waals surface area contributed by atoms with Crippen LogP contribution >= 0.6 is 0 Å². The quantitative estimate of drug-likeness (QED) is 0.686. The van der Waals surface area contributed by atoms with E-state index in [4.69, 9.17) is 0 Å². The first-order valence-corrected chi connectivity index (χ1v) is 7.89. The number of hydrogen-bond acceptors (Lipinski definition) is 0. The molecule has 0 fully saturated rings. The Morgan fingerprint density at radius 3 is 2.07 bits per heavy atom. The van der Waals surface area contributed by atoms with Crippen molar-refractivity contribution < 1.29 is 13.2 Å². The van der Waals surface area contributed by atoms with E-state index in [0.29, 0.717) is 6.04 Å². The summed E-state index contributed by atoms with van der Waals surface area (Å²) in [4.78, 5) is 0. The molecule has 82 valence electrons. The van der Waals surface area contributed by atoms with Gasteiger partial charge in [-0.25, -0.2) is 4.39 Å². The van der Waals surface area contributed by atoms with Crippen LogP contribution in [-0.4, -0.2) is 8.07 Å². The van der Waals surface area contributed by atoms with Crippen LogP contribution < -0.4 is 0 Å². The minimum Gasteiger partial charge on any atom is -0.212 e. The normalized spacial score (nSPS) is 11.3. The van der Waals surface area contributed by atoms with E-state index >= 15 is 0 Å². The molecule has 0 aliphatic carbocycles. The van der Waals surface area contributed by atoms with Crippen LogP contribution in [0.5, 0.6) is 0 Å². The molecule has 0 unspecified atom stereocenters. The van der Waals surface area contributed by atoms with Crippen molar-refractivity contribution in [3.63, 3.8) is 0 Å². The molecule has 0 saturated heterocycles.